The predicted molar refractivity (Wildman–Crippen MR) is 99.4 cm³/mol. The quantitative estimate of drug-likeness (QED) is 0.604. The second kappa shape index (κ2) is 7.45. The van der Waals surface area contributed by atoms with Gasteiger partial charge in [-0.15, -0.1) is 0 Å². The van der Waals surface area contributed by atoms with Gasteiger partial charge in [0.2, 0.25) is 0 Å². The van der Waals surface area contributed by atoms with Gasteiger partial charge in [0.15, 0.2) is 5.78 Å². The lowest BCUT2D eigenvalue weighted by Gasteiger charge is -2.18. The number of aryl methyl sites for hydroxylation is 1. The van der Waals surface area contributed by atoms with Crippen LogP contribution in [-0.4, -0.2) is 15.5 Å². The SMILES string of the molecule is Cc1cc(C(=O)c2ccccc2)c(NC(=O)C(Cl)(Cl)Cl)c(C#N)c1C. The van der Waals surface area contributed by atoms with Crippen molar-refractivity contribution in [3.8, 4) is 6.07 Å². The normalized spacial score (nSPS) is 10.9. The minimum Gasteiger partial charge on any atom is -0.321 e. The highest BCUT2D eigenvalue weighted by molar-refractivity contribution is 6.76. The van der Waals surface area contributed by atoms with E-state index in [1.165, 1.54) is 0 Å². The molecule has 0 saturated carbocycles. The molecule has 1 N–H and O–H groups in total. The van der Waals surface area contributed by atoms with Crippen molar-refractivity contribution in [1.82, 2.24) is 0 Å². The number of benzene rings is 2. The van der Waals surface area contributed by atoms with Crippen molar-refractivity contribution >= 4 is 52.2 Å². The number of halogens is 3. The third-order valence-electron chi connectivity index (χ3n) is 3.74. The van der Waals surface area contributed by atoms with E-state index in [-0.39, 0.29) is 22.6 Å². The largest absolute Gasteiger partial charge is 0.321 e. The molecule has 0 aliphatic carbocycles. The molecule has 2 aromatic rings. The number of rotatable bonds is 3. The lowest BCUT2D eigenvalue weighted by atomic mass is 9.93. The molecule has 0 heterocycles. The Bertz CT molecular complexity index is 882. The van der Waals surface area contributed by atoms with Crippen molar-refractivity contribution in [2.45, 2.75) is 17.6 Å². The number of anilines is 1. The third-order valence-corrected chi connectivity index (χ3v) is 4.25. The van der Waals surface area contributed by atoms with Crippen LogP contribution in [0.15, 0.2) is 36.4 Å². The monoisotopic (exact) mass is 394 g/mol. The maximum Gasteiger partial charge on any atom is 0.276 e. The summed E-state index contributed by atoms with van der Waals surface area (Å²) in [7, 11) is 0. The number of nitrogens with zero attached hydrogens (tertiary/aromatic N) is 1. The van der Waals surface area contributed by atoms with E-state index in [9.17, 15) is 14.9 Å². The Morgan fingerprint density at radius 1 is 1.12 bits per heavy atom. The summed E-state index contributed by atoms with van der Waals surface area (Å²) in [6.45, 7) is 3.49. The number of alkyl halides is 3. The van der Waals surface area contributed by atoms with Gasteiger partial charge in [-0.2, -0.15) is 5.26 Å². The van der Waals surface area contributed by atoms with E-state index in [2.05, 4.69) is 5.32 Å². The molecule has 0 aliphatic heterocycles. The number of carbonyl (C=O) groups is 2. The molecule has 4 nitrogen and oxygen atoms in total. The Kier molecular flexibility index (Phi) is 5.74. The molecule has 1 amide bonds. The smallest absolute Gasteiger partial charge is 0.276 e. The Hall–Kier alpha value is -2.06. The molecule has 0 fully saturated rings. The molecule has 0 aromatic heterocycles. The van der Waals surface area contributed by atoms with Gasteiger partial charge in [0.1, 0.15) is 6.07 Å². The van der Waals surface area contributed by atoms with Gasteiger partial charge in [0, 0.05) is 11.1 Å². The summed E-state index contributed by atoms with van der Waals surface area (Å²) in [6.07, 6.45) is 0. The lowest BCUT2D eigenvalue weighted by molar-refractivity contribution is -0.115. The van der Waals surface area contributed by atoms with E-state index in [1.807, 2.05) is 6.07 Å². The number of nitrogens with one attached hydrogen (secondary N) is 1. The maximum atomic E-state index is 12.9. The minimum atomic E-state index is -2.22. The molecule has 128 valence electrons. The van der Waals surface area contributed by atoms with Crippen molar-refractivity contribution in [3.63, 3.8) is 0 Å². The summed E-state index contributed by atoms with van der Waals surface area (Å²) in [4.78, 5) is 25.0. The third kappa shape index (κ3) is 4.13. The number of hydrogen-bond acceptors (Lipinski definition) is 3. The van der Waals surface area contributed by atoms with Crippen LogP contribution in [0.25, 0.3) is 0 Å². The van der Waals surface area contributed by atoms with E-state index < -0.39 is 9.70 Å². The molecule has 25 heavy (non-hydrogen) atoms. The first-order valence-electron chi connectivity index (χ1n) is 7.19. The fourth-order valence-electron chi connectivity index (χ4n) is 2.29. The number of ketones is 1. The van der Waals surface area contributed by atoms with Gasteiger partial charge in [-0.1, -0.05) is 65.1 Å². The van der Waals surface area contributed by atoms with Gasteiger partial charge in [0.05, 0.1) is 11.3 Å². The molecule has 2 aromatic carbocycles. The number of nitriles is 1. The first kappa shape index (κ1) is 19.3. The number of amides is 1. The molecule has 2 rings (SSSR count). The van der Waals surface area contributed by atoms with E-state index in [1.54, 1.807) is 50.2 Å². The molecule has 0 aliphatic rings. The van der Waals surface area contributed by atoms with E-state index in [0.29, 0.717) is 11.1 Å². The Balaban J connectivity index is 2.67. The van der Waals surface area contributed by atoms with Gasteiger partial charge < -0.3 is 5.32 Å². The molecule has 0 spiro atoms. The zero-order chi connectivity index (χ0) is 18.8. The number of carbonyl (C=O) groups excluding carboxylic acids is 2. The van der Waals surface area contributed by atoms with Crippen LogP contribution in [-0.2, 0) is 4.79 Å². The Morgan fingerprint density at radius 2 is 1.72 bits per heavy atom. The zero-order valence-electron chi connectivity index (χ0n) is 13.4. The van der Waals surface area contributed by atoms with Crippen LogP contribution in [0.1, 0.15) is 32.6 Å². The zero-order valence-corrected chi connectivity index (χ0v) is 15.6. The molecule has 0 atom stereocenters. The number of hydrogen-bond donors (Lipinski definition) is 1. The molecule has 0 unspecified atom stereocenters. The topological polar surface area (TPSA) is 70.0 Å². The van der Waals surface area contributed by atoms with Crippen LogP contribution in [0.3, 0.4) is 0 Å². The van der Waals surface area contributed by atoms with Gasteiger partial charge in [-0.3, -0.25) is 9.59 Å². The molecule has 7 heteroatoms. The van der Waals surface area contributed by atoms with Crippen molar-refractivity contribution in [2.75, 3.05) is 5.32 Å². The highest BCUT2D eigenvalue weighted by Gasteiger charge is 2.33. The average molecular weight is 396 g/mol. The van der Waals surface area contributed by atoms with Crippen molar-refractivity contribution in [2.24, 2.45) is 0 Å². The van der Waals surface area contributed by atoms with Crippen LogP contribution in [0.5, 0.6) is 0 Å². The van der Waals surface area contributed by atoms with Crippen molar-refractivity contribution < 1.29 is 9.59 Å². The van der Waals surface area contributed by atoms with Gasteiger partial charge in [-0.05, 0) is 31.0 Å². The predicted octanol–water partition coefficient (Wildman–Crippen LogP) is 4.71. The van der Waals surface area contributed by atoms with Gasteiger partial charge in [-0.25, -0.2) is 0 Å². The van der Waals surface area contributed by atoms with Crippen LogP contribution in [0.4, 0.5) is 5.69 Å². The highest BCUT2D eigenvalue weighted by atomic mass is 35.6. The molecule has 0 saturated heterocycles. The van der Waals surface area contributed by atoms with E-state index in [4.69, 9.17) is 34.8 Å². The second-order valence-corrected chi connectivity index (χ2v) is 7.66. The Morgan fingerprint density at radius 3 is 2.24 bits per heavy atom. The van der Waals surface area contributed by atoms with Gasteiger partial charge in [0.25, 0.3) is 9.70 Å². The molecular formula is C18H13Cl3N2O2. The average Bonchev–Trinajstić information content (AvgIpc) is 2.57. The molecule has 0 radical (unpaired) electrons. The molecule has 0 bridgehead atoms. The van der Waals surface area contributed by atoms with Crippen LogP contribution >= 0.6 is 34.8 Å². The Labute approximate surface area is 160 Å². The van der Waals surface area contributed by atoms with Gasteiger partial charge >= 0.3 is 0 Å². The maximum absolute atomic E-state index is 12.9. The molecular weight excluding hydrogens is 383 g/mol. The standard InChI is InChI=1S/C18H13Cl3N2O2/c1-10-8-13(16(24)12-6-4-3-5-7-12)15(14(9-22)11(10)2)23-17(25)18(19,20)21/h3-8H,1-2H3,(H,23,25). The van der Waals surface area contributed by atoms with Crippen LogP contribution < -0.4 is 5.32 Å². The minimum absolute atomic E-state index is 0.0378. The fraction of sp³-hybridized carbons (Fsp3) is 0.167. The van der Waals surface area contributed by atoms with Crippen LogP contribution in [0, 0.1) is 25.2 Å². The highest BCUT2D eigenvalue weighted by Crippen LogP contribution is 2.33. The summed E-state index contributed by atoms with van der Waals surface area (Å²) in [5.41, 5.74) is 2.14. The lowest BCUT2D eigenvalue weighted by Crippen LogP contribution is -2.28. The van der Waals surface area contributed by atoms with E-state index >= 15 is 0 Å². The summed E-state index contributed by atoms with van der Waals surface area (Å²) in [5.74, 6) is -1.29. The summed E-state index contributed by atoms with van der Waals surface area (Å²) >= 11 is 16.8. The summed E-state index contributed by atoms with van der Waals surface area (Å²) in [6, 6.07) is 12.1. The van der Waals surface area contributed by atoms with Crippen LogP contribution in [0.2, 0.25) is 0 Å². The fourth-order valence-corrected chi connectivity index (χ4v) is 2.44. The van der Waals surface area contributed by atoms with Crippen molar-refractivity contribution in [3.05, 3.63) is 64.2 Å². The first-order chi connectivity index (χ1) is 11.7. The summed E-state index contributed by atoms with van der Waals surface area (Å²) < 4.78 is -2.22. The first-order valence-corrected chi connectivity index (χ1v) is 8.32. The summed E-state index contributed by atoms with van der Waals surface area (Å²) in [5, 5.41) is 11.9. The van der Waals surface area contributed by atoms with Crippen molar-refractivity contribution in [1.29, 1.82) is 5.26 Å². The second-order valence-electron chi connectivity index (χ2n) is 5.37. The van der Waals surface area contributed by atoms with E-state index in [0.717, 1.165) is 5.56 Å².